The van der Waals surface area contributed by atoms with Gasteiger partial charge in [0.1, 0.15) is 6.10 Å². The van der Waals surface area contributed by atoms with Crippen molar-refractivity contribution in [2.75, 3.05) is 63.3 Å². The lowest BCUT2D eigenvalue weighted by Gasteiger charge is -2.33. The number of thioether (sulfide) groups is 1. The predicted molar refractivity (Wildman–Crippen MR) is 142 cm³/mol. The maximum Gasteiger partial charge on any atom is 0.320 e. The van der Waals surface area contributed by atoms with Gasteiger partial charge in [0.2, 0.25) is 0 Å². The molecule has 2 fully saturated rings. The van der Waals surface area contributed by atoms with E-state index in [9.17, 15) is 10.1 Å². The monoisotopic (exact) mass is 513 g/mol. The average molecular weight is 514 g/mol. The third-order valence-electron chi connectivity index (χ3n) is 6.22. The molecule has 1 aromatic heterocycles. The van der Waals surface area contributed by atoms with Crippen molar-refractivity contribution in [1.82, 2.24) is 4.90 Å². The second kappa shape index (κ2) is 12.3. The average Bonchev–Trinajstić information content (AvgIpc) is 3.36. The first-order valence-electron chi connectivity index (χ1n) is 11.8. The van der Waals surface area contributed by atoms with Gasteiger partial charge < -0.3 is 19.1 Å². The Kier molecular flexibility index (Phi) is 8.96. The minimum atomic E-state index is -0.0990. The summed E-state index contributed by atoms with van der Waals surface area (Å²) in [7, 11) is 3.18. The Morgan fingerprint density at radius 2 is 1.83 bits per heavy atom. The Balaban J connectivity index is 1.33. The zero-order valence-electron chi connectivity index (χ0n) is 20.2. The van der Waals surface area contributed by atoms with E-state index in [1.807, 2.05) is 42.1 Å². The van der Waals surface area contributed by atoms with Crippen molar-refractivity contribution in [2.45, 2.75) is 18.9 Å². The summed E-state index contributed by atoms with van der Waals surface area (Å²) < 4.78 is 16.4. The number of benzene rings is 1. The van der Waals surface area contributed by atoms with Crippen LogP contribution in [-0.4, -0.2) is 75.4 Å². The highest BCUT2D eigenvalue weighted by Crippen LogP contribution is 2.34. The summed E-state index contributed by atoms with van der Waals surface area (Å²) in [6.07, 6.45) is 3.57. The van der Waals surface area contributed by atoms with Crippen LogP contribution in [0.1, 0.15) is 23.3 Å². The molecule has 0 saturated carbocycles. The Morgan fingerprint density at radius 1 is 1.09 bits per heavy atom. The Labute approximate surface area is 215 Å². The van der Waals surface area contributed by atoms with Crippen molar-refractivity contribution in [3.8, 4) is 17.6 Å². The van der Waals surface area contributed by atoms with Crippen LogP contribution in [0.2, 0.25) is 0 Å². The van der Waals surface area contributed by atoms with E-state index in [-0.39, 0.29) is 12.1 Å². The maximum absolute atomic E-state index is 12.3. The number of hydrogen-bond acceptors (Lipinski definition) is 9. The smallest absolute Gasteiger partial charge is 0.320 e. The van der Waals surface area contributed by atoms with Gasteiger partial charge in [0.15, 0.2) is 11.5 Å². The van der Waals surface area contributed by atoms with E-state index in [0.717, 1.165) is 66.0 Å². The van der Waals surface area contributed by atoms with E-state index in [0.29, 0.717) is 23.6 Å². The second-order valence-electron chi connectivity index (χ2n) is 8.48. The Bertz CT molecular complexity index is 1080. The number of thiophene rings is 1. The van der Waals surface area contributed by atoms with Crippen molar-refractivity contribution in [1.29, 1.82) is 5.26 Å². The van der Waals surface area contributed by atoms with Gasteiger partial charge in [-0.1, -0.05) is 0 Å². The topological polar surface area (TPSA) is 75.0 Å². The zero-order valence-corrected chi connectivity index (χ0v) is 21.8. The van der Waals surface area contributed by atoms with Crippen LogP contribution in [0.5, 0.6) is 11.5 Å². The van der Waals surface area contributed by atoms with Crippen LogP contribution < -0.4 is 14.4 Å². The summed E-state index contributed by atoms with van der Waals surface area (Å²) in [6, 6.07) is 11.9. The zero-order chi connectivity index (χ0) is 24.6. The molecule has 0 atom stereocenters. The molecule has 2 aliphatic rings. The van der Waals surface area contributed by atoms with Gasteiger partial charge in [-0.05, 0) is 42.0 Å². The van der Waals surface area contributed by atoms with Crippen LogP contribution in [0, 0.1) is 11.3 Å². The molecule has 186 valence electrons. The fourth-order valence-electron chi connectivity index (χ4n) is 4.27. The lowest BCUT2D eigenvalue weighted by molar-refractivity contribution is -0.151. The van der Waals surface area contributed by atoms with Crippen molar-refractivity contribution < 1.29 is 19.0 Å². The van der Waals surface area contributed by atoms with Crippen LogP contribution in [0.15, 0.2) is 30.3 Å². The highest BCUT2D eigenvalue weighted by Gasteiger charge is 2.24. The molecule has 7 nitrogen and oxygen atoms in total. The molecule has 0 aliphatic carbocycles. The molecule has 0 unspecified atom stereocenters. The third kappa shape index (κ3) is 6.72. The summed E-state index contributed by atoms with van der Waals surface area (Å²) in [6.45, 7) is 4.04. The normalized spacial score (nSPS) is 17.6. The third-order valence-corrected chi connectivity index (χ3v) is 8.26. The molecule has 0 radical (unpaired) electrons. The summed E-state index contributed by atoms with van der Waals surface area (Å²) in [5.41, 5.74) is 1.35. The first kappa shape index (κ1) is 25.4. The molecule has 0 bridgehead atoms. The van der Waals surface area contributed by atoms with E-state index in [1.54, 1.807) is 25.6 Å². The number of rotatable bonds is 8. The summed E-state index contributed by atoms with van der Waals surface area (Å²) >= 11 is 3.60. The predicted octanol–water partition coefficient (Wildman–Crippen LogP) is 4.39. The number of carbonyl (C=O) groups excluding carboxylic acids is 1. The number of ether oxygens (including phenoxy) is 3. The van der Waals surface area contributed by atoms with Crippen LogP contribution in [0.4, 0.5) is 5.00 Å². The van der Waals surface area contributed by atoms with E-state index in [2.05, 4.69) is 21.9 Å². The number of esters is 1. The fraction of sp³-hybridized carbons (Fsp3) is 0.462. The standard InChI is InChI=1S/C26H31N3O4S2/c1-31-23-5-3-19(16-24(23)32-2)20(17-27)15-22-4-6-25(35-22)29-9-7-21(8-10-29)33-26(30)18-28-11-13-34-14-12-28/h3-6,15-16,21H,7-14,18H2,1-2H3. The van der Waals surface area contributed by atoms with Crippen molar-refractivity contribution >= 4 is 45.7 Å². The molecule has 35 heavy (non-hydrogen) atoms. The summed E-state index contributed by atoms with van der Waals surface area (Å²) in [5, 5.41) is 10.9. The highest BCUT2D eigenvalue weighted by atomic mass is 32.2. The van der Waals surface area contributed by atoms with Crippen LogP contribution in [-0.2, 0) is 9.53 Å². The number of anilines is 1. The van der Waals surface area contributed by atoms with Crippen molar-refractivity contribution in [2.24, 2.45) is 0 Å². The van der Waals surface area contributed by atoms with Gasteiger partial charge in [-0.15, -0.1) is 11.3 Å². The lowest BCUT2D eigenvalue weighted by Crippen LogP contribution is -2.41. The van der Waals surface area contributed by atoms with Gasteiger partial charge in [0, 0.05) is 55.4 Å². The molecular weight excluding hydrogens is 482 g/mol. The van der Waals surface area contributed by atoms with Crippen LogP contribution in [0.3, 0.4) is 0 Å². The van der Waals surface area contributed by atoms with Gasteiger partial charge in [0.05, 0.1) is 37.4 Å². The number of piperidine rings is 1. The number of methoxy groups -OCH3 is 2. The molecule has 1 aromatic carbocycles. The summed E-state index contributed by atoms with van der Waals surface area (Å²) in [4.78, 5) is 17.9. The molecule has 0 N–H and O–H groups in total. The van der Waals surface area contributed by atoms with Gasteiger partial charge >= 0.3 is 5.97 Å². The first-order valence-corrected chi connectivity index (χ1v) is 13.7. The number of nitrogens with zero attached hydrogens (tertiary/aromatic N) is 3. The molecule has 2 saturated heterocycles. The molecule has 9 heteroatoms. The quantitative estimate of drug-likeness (QED) is 0.380. The number of nitriles is 1. The maximum atomic E-state index is 12.3. The highest BCUT2D eigenvalue weighted by molar-refractivity contribution is 7.99. The number of hydrogen-bond donors (Lipinski definition) is 0. The van der Waals surface area contributed by atoms with Crippen molar-refractivity contribution in [3.05, 3.63) is 40.8 Å². The van der Waals surface area contributed by atoms with Gasteiger partial charge in [-0.2, -0.15) is 17.0 Å². The second-order valence-corrected chi connectivity index (χ2v) is 10.8. The number of carbonyl (C=O) groups is 1. The molecule has 0 amide bonds. The molecule has 3 heterocycles. The van der Waals surface area contributed by atoms with E-state index in [1.165, 1.54) is 0 Å². The van der Waals surface area contributed by atoms with Gasteiger partial charge in [-0.3, -0.25) is 9.69 Å². The molecular formula is C26H31N3O4S2. The SMILES string of the molecule is COc1ccc(C(C#N)=Cc2ccc(N3CCC(OC(=O)CN4CCSCC4)CC3)s2)cc1OC. The van der Waals surface area contributed by atoms with Gasteiger partial charge in [-0.25, -0.2) is 0 Å². The largest absolute Gasteiger partial charge is 0.493 e. The van der Waals surface area contributed by atoms with Gasteiger partial charge in [0.25, 0.3) is 0 Å². The van der Waals surface area contributed by atoms with Crippen LogP contribution >= 0.6 is 23.1 Å². The molecule has 4 rings (SSSR count). The fourth-order valence-corrected chi connectivity index (χ4v) is 6.26. The Hall–Kier alpha value is -2.67. The Morgan fingerprint density at radius 3 is 2.51 bits per heavy atom. The van der Waals surface area contributed by atoms with E-state index < -0.39 is 0 Å². The van der Waals surface area contributed by atoms with Crippen LogP contribution in [0.25, 0.3) is 11.6 Å². The number of allylic oxidation sites excluding steroid dienone is 1. The minimum absolute atomic E-state index is 0.00696. The lowest BCUT2D eigenvalue weighted by atomic mass is 10.1. The summed E-state index contributed by atoms with van der Waals surface area (Å²) in [5.74, 6) is 3.31. The van der Waals surface area contributed by atoms with E-state index >= 15 is 0 Å². The minimum Gasteiger partial charge on any atom is -0.493 e. The molecule has 0 spiro atoms. The van der Waals surface area contributed by atoms with E-state index in [4.69, 9.17) is 14.2 Å². The van der Waals surface area contributed by atoms with Crippen molar-refractivity contribution in [3.63, 3.8) is 0 Å². The molecule has 2 aromatic rings. The first-order chi connectivity index (χ1) is 17.1. The molecule has 2 aliphatic heterocycles.